The van der Waals surface area contributed by atoms with E-state index in [0.29, 0.717) is 29.7 Å². The van der Waals surface area contributed by atoms with Crippen molar-refractivity contribution in [3.8, 4) is 5.75 Å². The molecular formula is C20H19Cl2NO2. The Morgan fingerprint density at radius 2 is 1.84 bits per heavy atom. The molecule has 5 heteroatoms. The molecule has 0 saturated heterocycles. The first-order valence-electron chi connectivity index (χ1n) is 8.08. The Labute approximate surface area is 157 Å². The van der Waals surface area contributed by atoms with Crippen LogP contribution < -0.4 is 10.1 Å². The van der Waals surface area contributed by atoms with Crippen molar-refractivity contribution < 1.29 is 9.84 Å². The highest BCUT2D eigenvalue weighted by Gasteiger charge is 2.10. The van der Waals surface area contributed by atoms with E-state index in [4.69, 9.17) is 33.0 Å². The average Bonchev–Trinajstić information content (AvgIpc) is 2.62. The van der Waals surface area contributed by atoms with Crippen LogP contribution in [-0.2, 0) is 13.2 Å². The van der Waals surface area contributed by atoms with Crippen molar-refractivity contribution in [2.45, 2.75) is 13.2 Å². The molecule has 0 bridgehead atoms. The maximum absolute atomic E-state index is 9.01. The molecule has 2 N–H and O–H groups in total. The lowest BCUT2D eigenvalue weighted by Gasteiger charge is -2.15. The van der Waals surface area contributed by atoms with Gasteiger partial charge in [-0.1, -0.05) is 59.6 Å². The fraction of sp³-hybridized carbons (Fsp3) is 0.200. The molecule has 25 heavy (non-hydrogen) atoms. The van der Waals surface area contributed by atoms with Gasteiger partial charge in [0.1, 0.15) is 12.4 Å². The van der Waals surface area contributed by atoms with Crippen LogP contribution >= 0.6 is 23.2 Å². The Morgan fingerprint density at radius 1 is 1.00 bits per heavy atom. The zero-order valence-corrected chi connectivity index (χ0v) is 15.1. The van der Waals surface area contributed by atoms with Crippen molar-refractivity contribution in [3.63, 3.8) is 0 Å². The van der Waals surface area contributed by atoms with Gasteiger partial charge in [-0.2, -0.15) is 0 Å². The summed E-state index contributed by atoms with van der Waals surface area (Å²) in [7, 11) is 0. The minimum atomic E-state index is 0.0986. The second-order valence-corrected chi connectivity index (χ2v) is 6.53. The summed E-state index contributed by atoms with van der Waals surface area (Å²) in [6, 6.07) is 17.6. The van der Waals surface area contributed by atoms with Crippen LogP contribution in [0, 0.1) is 0 Å². The van der Waals surface area contributed by atoms with Gasteiger partial charge >= 0.3 is 0 Å². The number of nitrogens with one attached hydrogen (secondary N) is 1. The molecule has 3 nitrogen and oxygen atoms in total. The Kier molecular flexibility index (Phi) is 6.16. The maximum atomic E-state index is 9.01. The molecule has 0 saturated carbocycles. The molecule has 0 atom stereocenters. The molecule has 0 heterocycles. The first kappa shape index (κ1) is 18.0. The quantitative estimate of drug-likeness (QED) is 0.582. The first-order valence-corrected chi connectivity index (χ1v) is 8.83. The Balaban J connectivity index is 1.87. The normalized spacial score (nSPS) is 11.0. The number of hydrogen-bond acceptors (Lipinski definition) is 3. The predicted octanol–water partition coefficient (Wildman–Crippen LogP) is 4.81. The number of hydrogen-bond donors (Lipinski definition) is 2. The molecular weight excluding hydrogens is 357 g/mol. The minimum Gasteiger partial charge on any atom is -0.488 e. The number of benzene rings is 3. The largest absolute Gasteiger partial charge is 0.488 e. The maximum Gasteiger partial charge on any atom is 0.124 e. The number of rotatable bonds is 7. The smallest absolute Gasteiger partial charge is 0.124 e. The van der Waals surface area contributed by atoms with E-state index in [2.05, 4.69) is 17.4 Å². The van der Waals surface area contributed by atoms with Gasteiger partial charge < -0.3 is 15.2 Å². The predicted molar refractivity (Wildman–Crippen MR) is 104 cm³/mol. The third kappa shape index (κ3) is 4.44. The lowest BCUT2D eigenvalue weighted by molar-refractivity contribution is 0.288. The highest BCUT2D eigenvalue weighted by atomic mass is 35.5. The molecule has 3 aromatic carbocycles. The third-order valence-corrected chi connectivity index (χ3v) is 4.57. The molecule has 0 amide bonds. The van der Waals surface area contributed by atoms with E-state index >= 15 is 0 Å². The molecule has 0 aromatic heterocycles. The average molecular weight is 376 g/mol. The highest BCUT2D eigenvalue weighted by Crippen LogP contribution is 2.30. The number of aliphatic hydroxyl groups excluding tert-OH is 1. The summed E-state index contributed by atoms with van der Waals surface area (Å²) in [4.78, 5) is 0. The van der Waals surface area contributed by atoms with E-state index < -0.39 is 0 Å². The fourth-order valence-electron chi connectivity index (χ4n) is 2.72. The van der Waals surface area contributed by atoms with E-state index in [1.807, 2.05) is 30.3 Å². The van der Waals surface area contributed by atoms with E-state index in [-0.39, 0.29) is 6.61 Å². The summed E-state index contributed by atoms with van der Waals surface area (Å²) in [5.41, 5.74) is 1.95. The van der Waals surface area contributed by atoms with Crippen LogP contribution in [0.1, 0.15) is 11.1 Å². The SMILES string of the molecule is OCCNCc1c(OCc2ccc(Cl)cc2Cl)ccc2ccccc12. The zero-order chi connectivity index (χ0) is 17.6. The van der Waals surface area contributed by atoms with Crippen LogP contribution in [0.5, 0.6) is 5.75 Å². The topological polar surface area (TPSA) is 41.5 Å². The number of fused-ring (bicyclic) bond motifs is 1. The van der Waals surface area contributed by atoms with Crippen molar-refractivity contribution >= 4 is 34.0 Å². The van der Waals surface area contributed by atoms with E-state index in [1.54, 1.807) is 12.1 Å². The molecule has 0 aliphatic rings. The van der Waals surface area contributed by atoms with E-state index in [9.17, 15) is 0 Å². The Bertz CT molecular complexity index is 867. The summed E-state index contributed by atoms with van der Waals surface area (Å²) in [5.74, 6) is 0.801. The molecule has 0 aliphatic carbocycles. The molecule has 0 aliphatic heterocycles. The number of aliphatic hydroxyl groups is 1. The lowest BCUT2D eigenvalue weighted by Crippen LogP contribution is -2.18. The van der Waals surface area contributed by atoms with E-state index in [1.165, 1.54) is 0 Å². The third-order valence-electron chi connectivity index (χ3n) is 3.99. The minimum absolute atomic E-state index is 0.0986. The monoisotopic (exact) mass is 375 g/mol. The second-order valence-electron chi connectivity index (χ2n) is 5.69. The number of ether oxygens (including phenoxy) is 1. The van der Waals surface area contributed by atoms with Crippen molar-refractivity contribution in [2.24, 2.45) is 0 Å². The second kappa shape index (κ2) is 8.54. The Morgan fingerprint density at radius 3 is 2.64 bits per heavy atom. The number of halogens is 2. The molecule has 0 fully saturated rings. The summed E-state index contributed by atoms with van der Waals surface area (Å²) in [6.07, 6.45) is 0. The van der Waals surface area contributed by atoms with Crippen LogP contribution in [0.25, 0.3) is 10.8 Å². The standard InChI is InChI=1S/C20H19Cl2NO2/c21-16-7-5-15(19(22)11-16)13-25-20-8-6-14-3-1-2-4-17(14)18(20)12-23-9-10-24/h1-8,11,23-24H,9-10,12-13H2. The highest BCUT2D eigenvalue weighted by molar-refractivity contribution is 6.35. The van der Waals surface area contributed by atoms with Crippen LogP contribution in [0.2, 0.25) is 10.0 Å². The van der Waals surface area contributed by atoms with Gasteiger partial charge in [0.25, 0.3) is 0 Å². The summed E-state index contributed by atoms with van der Waals surface area (Å²) in [5, 5.41) is 15.7. The molecule has 0 unspecified atom stereocenters. The molecule has 0 radical (unpaired) electrons. The van der Waals surface area contributed by atoms with Crippen LogP contribution in [0.3, 0.4) is 0 Å². The summed E-state index contributed by atoms with van der Waals surface area (Å²) in [6.45, 7) is 1.61. The van der Waals surface area contributed by atoms with Gasteiger partial charge in [-0.3, -0.25) is 0 Å². The van der Waals surface area contributed by atoms with Gasteiger partial charge in [-0.15, -0.1) is 0 Å². The molecule has 3 rings (SSSR count). The van der Waals surface area contributed by atoms with Gasteiger partial charge in [0.15, 0.2) is 0 Å². The lowest BCUT2D eigenvalue weighted by atomic mass is 10.0. The molecule has 3 aromatic rings. The van der Waals surface area contributed by atoms with Crippen molar-refractivity contribution in [1.29, 1.82) is 0 Å². The Hall–Kier alpha value is -1.78. The molecule has 0 spiro atoms. The van der Waals surface area contributed by atoms with E-state index in [0.717, 1.165) is 27.6 Å². The summed E-state index contributed by atoms with van der Waals surface area (Å²) >= 11 is 12.2. The van der Waals surface area contributed by atoms with Crippen molar-refractivity contribution in [2.75, 3.05) is 13.2 Å². The van der Waals surface area contributed by atoms with Gasteiger partial charge in [0.05, 0.1) is 6.61 Å². The zero-order valence-electron chi connectivity index (χ0n) is 13.6. The first-order chi connectivity index (χ1) is 12.2. The van der Waals surface area contributed by atoms with Gasteiger partial charge in [-0.05, 0) is 29.0 Å². The van der Waals surface area contributed by atoms with Crippen LogP contribution in [-0.4, -0.2) is 18.3 Å². The molecule has 130 valence electrons. The summed E-state index contributed by atoms with van der Waals surface area (Å²) < 4.78 is 6.05. The van der Waals surface area contributed by atoms with Gasteiger partial charge in [0, 0.05) is 34.3 Å². The fourth-order valence-corrected chi connectivity index (χ4v) is 3.18. The van der Waals surface area contributed by atoms with Crippen LogP contribution in [0.15, 0.2) is 54.6 Å². The van der Waals surface area contributed by atoms with Crippen LogP contribution in [0.4, 0.5) is 0 Å². The van der Waals surface area contributed by atoms with Crippen molar-refractivity contribution in [1.82, 2.24) is 5.32 Å². The van der Waals surface area contributed by atoms with Gasteiger partial charge in [-0.25, -0.2) is 0 Å². The van der Waals surface area contributed by atoms with Crippen molar-refractivity contribution in [3.05, 3.63) is 75.8 Å². The van der Waals surface area contributed by atoms with Gasteiger partial charge in [0.2, 0.25) is 0 Å².